The van der Waals surface area contributed by atoms with Crippen LogP contribution in [0.15, 0.2) is 53.0 Å². The molecule has 3 rings (SSSR count). The standard InChI is InChI=1S/C21H23BrO2/c1-15-4-2-3-5-19(15)20(16-6-8-18(22)9-7-16)14-21(23)17-10-12-24-13-11-17/h2-9,17,20H,10-14H2,1H3. The van der Waals surface area contributed by atoms with Crippen LogP contribution in [0.5, 0.6) is 0 Å². The summed E-state index contributed by atoms with van der Waals surface area (Å²) in [6.45, 7) is 3.55. The van der Waals surface area contributed by atoms with Gasteiger partial charge in [-0.3, -0.25) is 4.79 Å². The molecule has 2 aromatic rings. The van der Waals surface area contributed by atoms with Crippen LogP contribution in [-0.2, 0) is 9.53 Å². The molecule has 1 unspecified atom stereocenters. The molecule has 0 aliphatic carbocycles. The van der Waals surface area contributed by atoms with Crippen molar-refractivity contribution in [2.75, 3.05) is 13.2 Å². The zero-order valence-electron chi connectivity index (χ0n) is 14.0. The number of hydrogen-bond acceptors (Lipinski definition) is 2. The van der Waals surface area contributed by atoms with Gasteiger partial charge in [0.1, 0.15) is 5.78 Å². The van der Waals surface area contributed by atoms with E-state index < -0.39 is 0 Å². The van der Waals surface area contributed by atoms with Crippen molar-refractivity contribution < 1.29 is 9.53 Å². The zero-order chi connectivity index (χ0) is 16.9. The van der Waals surface area contributed by atoms with E-state index in [0.717, 1.165) is 17.3 Å². The van der Waals surface area contributed by atoms with Crippen molar-refractivity contribution in [1.82, 2.24) is 0 Å². The van der Waals surface area contributed by atoms with Gasteiger partial charge in [-0.2, -0.15) is 0 Å². The number of Topliss-reactive ketones (excluding diaryl/α,β-unsaturated/α-hetero) is 1. The lowest BCUT2D eigenvalue weighted by Gasteiger charge is -2.25. The fourth-order valence-electron chi connectivity index (χ4n) is 3.47. The Kier molecular flexibility index (Phi) is 5.85. The fraction of sp³-hybridized carbons (Fsp3) is 0.381. The van der Waals surface area contributed by atoms with E-state index in [0.29, 0.717) is 25.4 Å². The second kappa shape index (κ2) is 8.09. The largest absolute Gasteiger partial charge is 0.381 e. The summed E-state index contributed by atoms with van der Waals surface area (Å²) >= 11 is 3.50. The Morgan fingerprint density at radius 3 is 2.46 bits per heavy atom. The molecule has 0 bridgehead atoms. The van der Waals surface area contributed by atoms with E-state index in [-0.39, 0.29) is 11.8 Å². The summed E-state index contributed by atoms with van der Waals surface area (Å²) in [6, 6.07) is 16.8. The average Bonchev–Trinajstić information content (AvgIpc) is 2.62. The monoisotopic (exact) mass is 386 g/mol. The maximum Gasteiger partial charge on any atom is 0.137 e. The molecule has 1 fully saturated rings. The molecule has 0 spiro atoms. The molecule has 0 N–H and O–H groups in total. The second-order valence-corrected chi connectivity index (χ2v) is 7.43. The number of ether oxygens (including phenoxy) is 1. The van der Waals surface area contributed by atoms with Gasteiger partial charge in [-0.15, -0.1) is 0 Å². The van der Waals surface area contributed by atoms with E-state index in [1.54, 1.807) is 0 Å². The van der Waals surface area contributed by atoms with Crippen LogP contribution in [-0.4, -0.2) is 19.0 Å². The zero-order valence-corrected chi connectivity index (χ0v) is 15.6. The van der Waals surface area contributed by atoms with Gasteiger partial charge in [0.15, 0.2) is 0 Å². The van der Waals surface area contributed by atoms with Gasteiger partial charge in [-0.25, -0.2) is 0 Å². The van der Waals surface area contributed by atoms with Crippen molar-refractivity contribution in [3.63, 3.8) is 0 Å². The number of carbonyl (C=O) groups excluding carboxylic acids is 1. The second-order valence-electron chi connectivity index (χ2n) is 6.52. The Morgan fingerprint density at radius 2 is 1.79 bits per heavy atom. The molecule has 3 heteroatoms. The highest BCUT2D eigenvalue weighted by Gasteiger charge is 2.26. The summed E-state index contributed by atoms with van der Waals surface area (Å²) in [6.07, 6.45) is 2.29. The first-order valence-electron chi connectivity index (χ1n) is 8.56. The molecule has 1 aliphatic rings. The van der Waals surface area contributed by atoms with E-state index in [9.17, 15) is 4.79 Å². The minimum atomic E-state index is 0.120. The van der Waals surface area contributed by atoms with E-state index in [1.165, 1.54) is 16.7 Å². The van der Waals surface area contributed by atoms with E-state index in [2.05, 4.69) is 71.4 Å². The van der Waals surface area contributed by atoms with Crippen LogP contribution in [0, 0.1) is 12.8 Å². The Balaban J connectivity index is 1.88. The lowest BCUT2D eigenvalue weighted by molar-refractivity contribution is -0.125. The Labute approximate surface area is 152 Å². The van der Waals surface area contributed by atoms with Crippen molar-refractivity contribution in [2.24, 2.45) is 5.92 Å². The quantitative estimate of drug-likeness (QED) is 0.698. The topological polar surface area (TPSA) is 26.3 Å². The highest BCUT2D eigenvalue weighted by Crippen LogP contribution is 2.33. The van der Waals surface area contributed by atoms with E-state index in [4.69, 9.17) is 4.74 Å². The third-order valence-electron chi connectivity index (χ3n) is 4.92. The van der Waals surface area contributed by atoms with Gasteiger partial charge in [0.2, 0.25) is 0 Å². The number of aryl methyl sites for hydroxylation is 1. The summed E-state index contributed by atoms with van der Waals surface area (Å²) in [5.74, 6) is 0.643. The lowest BCUT2D eigenvalue weighted by Crippen LogP contribution is -2.25. The fourth-order valence-corrected chi connectivity index (χ4v) is 3.73. The smallest absolute Gasteiger partial charge is 0.137 e. The Hall–Kier alpha value is -1.45. The summed E-state index contributed by atoms with van der Waals surface area (Å²) in [4.78, 5) is 12.9. The molecule has 2 nitrogen and oxygen atoms in total. The van der Waals surface area contributed by atoms with Crippen molar-refractivity contribution in [3.05, 3.63) is 69.7 Å². The van der Waals surface area contributed by atoms with Gasteiger partial charge < -0.3 is 4.74 Å². The van der Waals surface area contributed by atoms with Gasteiger partial charge in [0.25, 0.3) is 0 Å². The van der Waals surface area contributed by atoms with E-state index >= 15 is 0 Å². The van der Waals surface area contributed by atoms with Crippen LogP contribution < -0.4 is 0 Å². The highest BCUT2D eigenvalue weighted by molar-refractivity contribution is 9.10. The van der Waals surface area contributed by atoms with Gasteiger partial charge >= 0.3 is 0 Å². The van der Waals surface area contributed by atoms with Crippen LogP contribution in [0.3, 0.4) is 0 Å². The lowest BCUT2D eigenvalue weighted by atomic mass is 9.81. The number of carbonyl (C=O) groups is 1. The molecule has 2 aromatic carbocycles. The summed E-state index contributed by atoms with van der Waals surface area (Å²) in [5.41, 5.74) is 3.69. The highest BCUT2D eigenvalue weighted by atomic mass is 79.9. The number of rotatable bonds is 5. The summed E-state index contributed by atoms with van der Waals surface area (Å²) < 4.78 is 6.46. The molecule has 1 saturated heterocycles. The van der Waals surface area contributed by atoms with Gasteiger partial charge in [-0.05, 0) is 48.6 Å². The molecule has 0 aromatic heterocycles. The first kappa shape index (κ1) is 17.4. The minimum Gasteiger partial charge on any atom is -0.381 e. The van der Waals surface area contributed by atoms with Gasteiger partial charge in [0, 0.05) is 35.9 Å². The number of ketones is 1. The number of halogens is 1. The molecule has 0 amide bonds. The minimum absolute atomic E-state index is 0.120. The third-order valence-corrected chi connectivity index (χ3v) is 5.45. The van der Waals surface area contributed by atoms with Gasteiger partial charge in [0.05, 0.1) is 0 Å². The van der Waals surface area contributed by atoms with Crippen molar-refractivity contribution in [3.8, 4) is 0 Å². The molecule has 1 heterocycles. The van der Waals surface area contributed by atoms with Crippen molar-refractivity contribution in [1.29, 1.82) is 0 Å². The molecule has 24 heavy (non-hydrogen) atoms. The van der Waals surface area contributed by atoms with Crippen LogP contribution in [0.1, 0.15) is 41.9 Å². The first-order chi connectivity index (χ1) is 11.6. The maximum absolute atomic E-state index is 12.9. The summed E-state index contributed by atoms with van der Waals surface area (Å²) in [5, 5.41) is 0. The van der Waals surface area contributed by atoms with Crippen LogP contribution in [0.4, 0.5) is 0 Å². The molecule has 0 radical (unpaired) electrons. The predicted octanol–water partition coefficient (Wildman–Crippen LogP) is 5.28. The van der Waals surface area contributed by atoms with Crippen molar-refractivity contribution >= 4 is 21.7 Å². The third kappa shape index (κ3) is 4.14. The van der Waals surface area contributed by atoms with E-state index in [1.807, 2.05) is 0 Å². The Bertz CT molecular complexity index is 687. The van der Waals surface area contributed by atoms with Gasteiger partial charge in [-0.1, -0.05) is 52.3 Å². The molecule has 126 valence electrons. The van der Waals surface area contributed by atoms with Crippen LogP contribution >= 0.6 is 15.9 Å². The predicted molar refractivity (Wildman–Crippen MR) is 100 cm³/mol. The Morgan fingerprint density at radius 1 is 1.12 bits per heavy atom. The summed E-state index contributed by atoms with van der Waals surface area (Å²) in [7, 11) is 0. The normalized spacial score (nSPS) is 16.8. The average molecular weight is 387 g/mol. The molecule has 0 saturated carbocycles. The SMILES string of the molecule is Cc1ccccc1C(CC(=O)C1CCOCC1)c1ccc(Br)cc1. The van der Waals surface area contributed by atoms with Crippen LogP contribution in [0.25, 0.3) is 0 Å². The molecular weight excluding hydrogens is 364 g/mol. The molecular formula is C21H23BrO2. The first-order valence-corrected chi connectivity index (χ1v) is 9.36. The molecule has 1 atom stereocenters. The number of hydrogen-bond donors (Lipinski definition) is 0. The maximum atomic E-state index is 12.9. The van der Waals surface area contributed by atoms with Crippen molar-refractivity contribution in [2.45, 2.75) is 32.1 Å². The molecule has 1 aliphatic heterocycles. The number of benzene rings is 2. The van der Waals surface area contributed by atoms with Crippen LogP contribution in [0.2, 0.25) is 0 Å².